The molecule has 2 aliphatic heterocycles. The summed E-state index contributed by atoms with van der Waals surface area (Å²) >= 11 is 6.09. The molecule has 0 saturated carbocycles. The molecule has 7 nitrogen and oxygen atoms in total. The molecule has 3 atom stereocenters. The fourth-order valence-electron chi connectivity index (χ4n) is 5.12. The van der Waals surface area contributed by atoms with E-state index in [0.29, 0.717) is 24.9 Å². The first-order chi connectivity index (χ1) is 16.8. The lowest BCUT2D eigenvalue weighted by Gasteiger charge is -2.25. The summed E-state index contributed by atoms with van der Waals surface area (Å²) in [4.78, 5) is 40.3. The third-order valence-electron chi connectivity index (χ3n) is 6.90. The molecule has 2 saturated heterocycles. The van der Waals surface area contributed by atoms with Gasteiger partial charge in [0.25, 0.3) is 5.91 Å². The third-order valence-corrected chi connectivity index (χ3v) is 7.21. The topological polar surface area (TPSA) is 95.7 Å². The highest BCUT2D eigenvalue weighted by Crippen LogP contribution is 2.33. The first kappa shape index (κ1) is 25.1. The average Bonchev–Trinajstić information content (AvgIpc) is 3.40. The molecule has 0 aliphatic carbocycles. The standard InChI is InChI=1S/C26H30ClFN4O3/c27-20-7-4-8-21(28)25(20)26(35)32-15-18-13-31(14-19(18)16-32)12-11-22(17-5-2-1-3-6-17)30-24(34)10-9-23(29)33/h1-8,18-19,22H,9-16H2,(H2,29,33)(H,30,34)/t18-,19?,22?/m0/s1. The second kappa shape index (κ2) is 11.2. The number of nitrogens with one attached hydrogen (secondary N) is 1. The predicted octanol–water partition coefficient (Wildman–Crippen LogP) is 3.00. The number of hydrogen-bond acceptors (Lipinski definition) is 4. The summed E-state index contributed by atoms with van der Waals surface area (Å²) in [5, 5.41) is 3.18. The summed E-state index contributed by atoms with van der Waals surface area (Å²) in [7, 11) is 0. The minimum atomic E-state index is -0.592. The van der Waals surface area contributed by atoms with Crippen LogP contribution in [0.15, 0.2) is 48.5 Å². The molecule has 3 N–H and O–H groups in total. The maximum absolute atomic E-state index is 14.2. The van der Waals surface area contributed by atoms with Crippen LogP contribution in [-0.2, 0) is 9.59 Å². The Morgan fingerprint density at radius 1 is 1.00 bits per heavy atom. The molecule has 3 amide bonds. The number of likely N-dealkylation sites (tertiary alicyclic amines) is 2. The van der Waals surface area contributed by atoms with Crippen LogP contribution < -0.4 is 11.1 Å². The summed E-state index contributed by atoms with van der Waals surface area (Å²) in [6, 6.07) is 13.9. The van der Waals surface area contributed by atoms with E-state index in [9.17, 15) is 18.8 Å². The molecule has 2 aromatic rings. The molecule has 2 unspecified atom stereocenters. The second-order valence-electron chi connectivity index (χ2n) is 9.37. The van der Waals surface area contributed by atoms with Crippen LogP contribution in [-0.4, -0.2) is 60.2 Å². The minimum absolute atomic E-state index is 0.0239. The van der Waals surface area contributed by atoms with Crippen LogP contribution in [0.25, 0.3) is 0 Å². The van der Waals surface area contributed by atoms with Crippen molar-refractivity contribution in [1.29, 1.82) is 0 Å². The Labute approximate surface area is 209 Å². The van der Waals surface area contributed by atoms with E-state index in [0.717, 1.165) is 31.6 Å². The van der Waals surface area contributed by atoms with Crippen molar-refractivity contribution >= 4 is 29.3 Å². The van der Waals surface area contributed by atoms with E-state index in [2.05, 4.69) is 10.2 Å². The molecule has 0 bridgehead atoms. The van der Waals surface area contributed by atoms with Gasteiger partial charge in [-0.2, -0.15) is 0 Å². The number of halogens is 2. The van der Waals surface area contributed by atoms with E-state index >= 15 is 0 Å². The van der Waals surface area contributed by atoms with Crippen LogP contribution >= 0.6 is 11.6 Å². The zero-order valence-electron chi connectivity index (χ0n) is 19.5. The number of carbonyl (C=O) groups excluding carboxylic acids is 3. The van der Waals surface area contributed by atoms with Crippen molar-refractivity contribution in [2.24, 2.45) is 17.6 Å². The van der Waals surface area contributed by atoms with Crippen LogP contribution in [0.2, 0.25) is 5.02 Å². The molecule has 2 fully saturated rings. The molecule has 0 spiro atoms. The van der Waals surface area contributed by atoms with Gasteiger partial charge in [-0.05, 0) is 36.0 Å². The molecule has 4 rings (SSSR count). The summed E-state index contributed by atoms with van der Waals surface area (Å²) in [6.07, 6.45) is 0.817. The number of fused-ring (bicyclic) bond motifs is 1. The maximum Gasteiger partial charge on any atom is 0.258 e. The first-order valence-corrected chi connectivity index (χ1v) is 12.3. The SMILES string of the molecule is NC(=O)CCC(=O)NC(CCN1CC2CN(C(=O)c3c(F)cccc3Cl)C[C@@H]2C1)c1ccccc1. The monoisotopic (exact) mass is 500 g/mol. The van der Waals surface area contributed by atoms with Crippen LogP contribution in [0.1, 0.15) is 41.2 Å². The number of benzene rings is 2. The molecule has 9 heteroatoms. The van der Waals surface area contributed by atoms with Crippen LogP contribution in [0.3, 0.4) is 0 Å². The Kier molecular flexibility index (Phi) is 8.03. The van der Waals surface area contributed by atoms with Crippen molar-refractivity contribution in [2.75, 3.05) is 32.7 Å². The second-order valence-corrected chi connectivity index (χ2v) is 9.78. The summed E-state index contributed by atoms with van der Waals surface area (Å²) in [5.41, 5.74) is 6.13. The summed E-state index contributed by atoms with van der Waals surface area (Å²) < 4.78 is 14.2. The van der Waals surface area contributed by atoms with Gasteiger partial charge in [-0.1, -0.05) is 48.0 Å². The van der Waals surface area contributed by atoms with E-state index in [-0.39, 0.29) is 41.3 Å². The Bertz CT molecular complexity index is 1050. The van der Waals surface area contributed by atoms with Crippen molar-refractivity contribution in [3.8, 4) is 0 Å². The van der Waals surface area contributed by atoms with Gasteiger partial charge < -0.3 is 20.9 Å². The highest BCUT2D eigenvalue weighted by Gasteiger charge is 2.42. The Morgan fingerprint density at radius 3 is 2.31 bits per heavy atom. The van der Waals surface area contributed by atoms with Gasteiger partial charge in [0.15, 0.2) is 0 Å². The smallest absolute Gasteiger partial charge is 0.258 e. The van der Waals surface area contributed by atoms with Gasteiger partial charge >= 0.3 is 0 Å². The number of hydrogen-bond donors (Lipinski definition) is 2. The molecule has 2 aliphatic rings. The molecule has 0 radical (unpaired) electrons. The summed E-state index contributed by atoms with van der Waals surface area (Å²) in [5.74, 6) is -0.987. The van der Waals surface area contributed by atoms with E-state index in [4.69, 9.17) is 17.3 Å². The zero-order valence-corrected chi connectivity index (χ0v) is 20.2. The Morgan fingerprint density at radius 2 is 1.69 bits per heavy atom. The Balaban J connectivity index is 1.32. The van der Waals surface area contributed by atoms with Gasteiger partial charge in [-0.3, -0.25) is 14.4 Å². The lowest BCUT2D eigenvalue weighted by Crippen LogP contribution is -2.35. The molecule has 186 valence electrons. The van der Waals surface area contributed by atoms with Crippen molar-refractivity contribution in [3.05, 3.63) is 70.5 Å². The van der Waals surface area contributed by atoms with Crippen LogP contribution in [0.4, 0.5) is 4.39 Å². The molecule has 2 aromatic carbocycles. The van der Waals surface area contributed by atoms with Crippen molar-refractivity contribution in [3.63, 3.8) is 0 Å². The van der Waals surface area contributed by atoms with E-state index in [1.807, 2.05) is 30.3 Å². The zero-order chi connectivity index (χ0) is 24.9. The lowest BCUT2D eigenvalue weighted by molar-refractivity contribution is -0.125. The number of primary amides is 1. The fourth-order valence-corrected chi connectivity index (χ4v) is 5.37. The van der Waals surface area contributed by atoms with Crippen LogP contribution in [0, 0.1) is 17.7 Å². The number of rotatable bonds is 9. The van der Waals surface area contributed by atoms with Gasteiger partial charge in [-0.25, -0.2) is 4.39 Å². The van der Waals surface area contributed by atoms with Gasteiger partial charge in [0.2, 0.25) is 11.8 Å². The number of amides is 3. The normalized spacial score (nSPS) is 20.5. The first-order valence-electron chi connectivity index (χ1n) is 11.9. The average molecular weight is 501 g/mol. The van der Waals surface area contributed by atoms with Gasteiger partial charge in [0.05, 0.1) is 16.6 Å². The molecular weight excluding hydrogens is 471 g/mol. The summed E-state index contributed by atoms with van der Waals surface area (Å²) in [6.45, 7) is 3.64. The lowest BCUT2D eigenvalue weighted by atomic mass is 10.0. The maximum atomic E-state index is 14.2. The van der Waals surface area contributed by atoms with Crippen molar-refractivity contribution in [1.82, 2.24) is 15.1 Å². The van der Waals surface area contributed by atoms with Gasteiger partial charge in [0, 0.05) is 45.6 Å². The van der Waals surface area contributed by atoms with Gasteiger partial charge in [0.1, 0.15) is 5.82 Å². The Hall–Kier alpha value is -2.97. The molecule has 2 heterocycles. The number of carbonyl (C=O) groups is 3. The van der Waals surface area contributed by atoms with E-state index < -0.39 is 11.7 Å². The largest absolute Gasteiger partial charge is 0.370 e. The fraction of sp³-hybridized carbons (Fsp3) is 0.423. The quantitative estimate of drug-likeness (QED) is 0.553. The predicted molar refractivity (Wildman–Crippen MR) is 131 cm³/mol. The van der Waals surface area contributed by atoms with Crippen LogP contribution in [0.5, 0.6) is 0 Å². The van der Waals surface area contributed by atoms with Gasteiger partial charge in [-0.15, -0.1) is 0 Å². The van der Waals surface area contributed by atoms with Crippen molar-refractivity contribution < 1.29 is 18.8 Å². The number of nitrogens with two attached hydrogens (primary N) is 1. The highest BCUT2D eigenvalue weighted by molar-refractivity contribution is 6.33. The third kappa shape index (κ3) is 6.18. The number of nitrogens with zero attached hydrogens (tertiary/aromatic N) is 2. The highest BCUT2D eigenvalue weighted by atomic mass is 35.5. The molecular formula is C26H30ClFN4O3. The molecule has 35 heavy (non-hydrogen) atoms. The van der Waals surface area contributed by atoms with E-state index in [1.54, 1.807) is 4.90 Å². The minimum Gasteiger partial charge on any atom is -0.370 e. The molecule has 0 aromatic heterocycles. The van der Waals surface area contributed by atoms with E-state index in [1.165, 1.54) is 18.2 Å². The van der Waals surface area contributed by atoms with Crippen molar-refractivity contribution in [2.45, 2.75) is 25.3 Å².